The molecule has 12 heteroatoms. The Morgan fingerprint density at radius 2 is 0.654 bits per heavy atom. The Morgan fingerprint density at radius 3 is 1.03 bits per heavy atom. The molecule has 0 aliphatic carbocycles. The SMILES string of the molecule is CCCCCCCCc1cc(C=O)sc1-c1ccc(-c2sc(-c3cc4c(-c5ccc(CC(CC)CCCC)s5)c5sc(-c6cc(CCCCCCCC)c(-c7ccc(-c8sc(OC)cc8CCCCCCCC)s7)s6)cc5c(-c5ccc(CC(CC)CCCC)s5)c4s3)cc2CCCCCCCC)s1. The molecule has 0 N–H and O–H groups in total. The first-order valence-electron chi connectivity index (χ1n) is 41.1. The molecule has 0 amide bonds. The van der Waals surface area contributed by atoms with E-state index in [1.54, 1.807) is 11.3 Å². The highest BCUT2D eigenvalue weighted by Crippen LogP contribution is 2.57. The number of thiophene rings is 10. The average molecular weight is 1580 g/mol. The van der Waals surface area contributed by atoms with E-state index < -0.39 is 0 Å². The molecule has 0 bridgehead atoms. The number of rotatable bonds is 50. The van der Waals surface area contributed by atoms with E-state index in [0.717, 1.165) is 54.8 Å². The van der Waals surface area contributed by atoms with Crippen molar-refractivity contribution < 1.29 is 9.53 Å². The molecule has 0 aliphatic rings. The van der Waals surface area contributed by atoms with E-state index in [1.807, 2.05) is 52.5 Å². The molecule has 0 radical (unpaired) electrons. The molecule has 0 aliphatic heterocycles. The highest BCUT2D eigenvalue weighted by atomic mass is 32.1. The standard InChI is InChI=1S/C92H120O2S10/c1-10-18-24-28-32-36-42-65-56-71(62-93)97-87(65)76-50-51-77(98-76)88-66(43-37-33-29-25-19-11-2)57-80(100-88)82-60-72-85(74-48-46-69(95-74)54-63(16-7)40-22-14-5)92-73(86(91(72)102-82)75-49-47-70(96-75)55-64(17-8)41-23-15-6)61-83(103-92)81-58-67(44-38-34-30-26-20-12-3)89(101-81)78-52-53-79(99-78)90-68(59-84(94-9)104-90)45-39-35-31-27-21-13-4/h46-53,56-64H,10-45,54-55H2,1-9H3. The van der Waals surface area contributed by atoms with E-state index in [0.29, 0.717) is 11.8 Å². The second-order valence-corrected chi connectivity index (χ2v) is 40.6. The van der Waals surface area contributed by atoms with Crippen molar-refractivity contribution in [3.05, 3.63) is 122 Å². The van der Waals surface area contributed by atoms with E-state index >= 15 is 0 Å². The molecular formula is C92H120O2S10. The summed E-state index contributed by atoms with van der Waals surface area (Å²) in [4.78, 5) is 35.9. The van der Waals surface area contributed by atoms with Gasteiger partial charge >= 0.3 is 0 Å². The maximum atomic E-state index is 12.4. The van der Waals surface area contributed by atoms with Gasteiger partial charge in [-0.2, -0.15) is 0 Å². The van der Waals surface area contributed by atoms with Crippen molar-refractivity contribution in [2.24, 2.45) is 11.8 Å². The van der Waals surface area contributed by atoms with Gasteiger partial charge in [0.1, 0.15) is 0 Å². The van der Waals surface area contributed by atoms with Crippen molar-refractivity contribution in [1.29, 1.82) is 0 Å². The van der Waals surface area contributed by atoms with Gasteiger partial charge in [0.05, 0.1) is 16.9 Å². The number of hydrogen-bond acceptors (Lipinski definition) is 12. The van der Waals surface area contributed by atoms with Gasteiger partial charge in [0.15, 0.2) is 11.3 Å². The van der Waals surface area contributed by atoms with Gasteiger partial charge in [-0.15, -0.1) is 102 Å². The van der Waals surface area contributed by atoms with Gasteiger partial charge in [0.25, 0.3) is 0 Å². The molecule has 2 atom stereocenters. The molecule has 0 saturated carbocycles. The summed E-state index contributed by atoms with van der Waals surface area (Å²) in [7, 11) is 1.84. The van der Waals surface area contributed by atoms with E-state index in [2.05, 4.69) is 197 Å². The van der Waals surface area contributed by atoms with E-state index in [9.17, 15) is 4.79 Å². The summed E-state index contributed by atoms with van der Waals surface area (Å²) in [5.41, 5.74) is 8.73. The van der Waals surface area contributed by atoms with Crippen LogP contribution in [-0.2, 0) is 38.5 Å². The number of fused-ring (bicyclic) bond motifs is 2. The van der Waals surface area contributed by atoms with Gasteiger partial charge in [0.2, 0.25) is 0 Å². The van der Waals surface area contributed by atoms with Crippen molar-refractivity contribution in [3.8, 4) is 84.5 Å². The second-order valence-electron chi connectivity index (χ2n) is 29.8. The minimum Gasteiger partial charge on any atom is -0.487 e. The van der Waals surface area contributed by atoms with Gasteiger partial charge in [-0.3, -0.25) is 4.79 Å². The van der Waals surface area contributed by atoms with Crippen molar-refractivity contribution in [2.45, 2.75) is 299 Å². The van der Waals surface area contributed by atoms with Crippen LogP contribution in [0, 0.1) is 11.8 Å². The topological polar surface area (TPSA) is 26.3 Å². The number of methoxy groups -OCH3 is 1. The van der Waals surface area contributed by atoms with Gasteiger partial charge in [-0.25, -0.2) is 0 Å². The average Bonchev–Trinajstić information content (AvgIpc) is 1.59. The molecule has 11 rings (SSSR count). The first-order chi connectivity index (χ1) is 51.1. The van der Waals surface area contributed by atoms with Crippen LogP contribution < -0.4 is 4.74 Å². The summed E-state index contributed by atoms with van der Waals surface area (Å²) in [6.45, 7) is 18.8. The number of carbonyl (C=O) groups excluding carboxylic acids is 1. The fraction of sp³-hybridized carbons (Fsp3) is 0.533. The quantitative estimate of drug-likeness (QED) is 0.0281. The molecule has 1 aromatic carbocycles. The Morgan fingerprint density at radius 1 is 0.317 bits per heavy atom. The van der Waals surface area contributed by atoms with Crippen molar-refractivity contribution in [1.82, 2.24) is 0 Å². The molecule has 104 heavy (non-hydrogen) atoms. The molecule has 11 aromatic rings. The minimum atomic E-state index is 0.704. The number of unbranched alkanes of at least 4 members (excludes halogenated alkanes) is 22. The molecular weight excluding hydrogens is 1460 g/mol. The predicted molar refractivity (Wildman–Crippen MR) is 478 cm³/mol. The lowest BCUT2D eigenvalue weighted by molar-refractivity contribution is 0.112. The third kappa shape index (κ3) is 21.4. The van der Waals surface area contributed by atoms with Crippen LogP contribution in [0.5, 0.6) is 5.06 Å². The Bertz CT molecular complexity index is 4240. The zero-order valence-electron chi connectivity index (χ0n) is 64.6. The lowest BCUT2D eigenvalue weighted by Gasteiger charge is -2.13. The summed E-state index contributed by atoms with van der Waals surface area (Å²) in [5, 5.41) is 3.88. The van der Waals surface area contributed by atoms with Crippen LogP contribution in [0.4, 0.5) is 0 Å². The Hall–Kier alpha value is -3.79. The van der Waals surface area contributed by atoms with Crippen LogP contribution in [0.15, 0.2) is 84.9 Å². The molecule has 2 nitrogen and oxygen atoms in total. The number of ether oxygens (including phenoxy) is 1. The van der Waals surface area contributed by atoms with Crippen LogP contribution in [0.3, 0.4) is 0 Å². The van der Waals surface area contributed by atoms with E-state index in [-0.39, 0.29) is 0 Å². The molecule has 2 unspecified atom stereocenters. The summed E-state index contributed by atoms with van der Waals surface area (Å²) < 4.78 is 8.86. The first-order valence-corrected chi connectivity index (χ1v) is 49.2. The van der Waals surface area contributed by atoms with Gasteiger partial charge in [-0.1, -0.05) is 247 Å². The zero-order valence-corrected chi connectivity index (χ0v) is 72.7. The fourth-order valence-corrected chi connectivity index (χ4v) is 27.6. The highest BCUT2D eigenvalue weighted by Gasteiger charge is 2.28. The summed E-state index contributed by atoms with van der Waals surface area (Å²) in [5.74, 6) is 1.41. The van der Waals surface area contributed by atoms with Crippen LogP contribution >= 0.6 is 113 Å². The predicted octanol–water partition coefficient (Wildman–Crippen LogP) is 34.9. The third-order valence-electron chi connectivity index (χ3n) is 21.7. The summed E-state index contributed by atoms with van der Waals surface area (Å²) >= 11 is 19.9. The van der Waals surface area contributed by atoms with Gasteiger partial charge in [0, 0.05) is 104 Å². The van der Waals surface area contributed by atoms with Gasteiger partial charge in [-0.05, 0) is 183 Å². The largest absolute Gasteiger partial charge is 0.487 e. The number of carbonyl (C=O) groups is 1. The summed E-state index contributed by atoms with van der Waals surface area (Å²) in [6.07, 6.45) is 48.9. The lowest BCUT2D eigenvalue weighted by atomic mass is 9.95. The summed E-state index contributed by atoms with van der Waals surface area (Å²) in [6, 6.07) is 34.9. The van der Waals surface area contributed by atoms with Crippen LogP contribution in [-0.4, -0.2) is 13.4 Å². The smallest absolute Gasteiger partial charge is 0.174 e. The zero-order chi connectivity index (χ0) is 72.6. The minimum absolute atomic E-state index is 0.704. The lowest BCUT2D eigenvalue weighted by Crippen LogP contribution is -2.01. The number of hydrogen-bond donors (Lipinski definition) is 0. The molecule has 0 fully saturated rings. The van der Waals surface area contributed by atoms with Crippen LogP contribution in [0.1, 0.15) is 303 Å². The van der Waals surface area contributed by atoms with Crippen molar-refractivity contribution in [2.75, 3.05) is 7.11 Å². The molecule has 560 valence electrons. The van der Waals surface area contributed by atoms with Gasteiger partial charge < -0.3 is 4.74 Å². The number of aldehydes is 1. The Labute approximate surface area is 667 Å². The van der Waals surface area contributed by atoms with Crippen LogP contribution in [0.25, 0.3) is 99.6 Å². The Kier molecular flexibility index (Phi) is 33.1. The molecule has 10 aromatic heterocycles. The van der Waals surface area contributed by atoms with Crippen LogP contribution in [0.2, 0.25) is 0 Å². The van der Waals surface area contributed by atoms with E-state index in [4.69, 9.17) is 4.74 Å². The molecule has 0 spiro atoms. The highest BCUT2D eigenvalue weighted by molar-refractivity contribution is 7.32. The maximum Gasteiger partial charge on any atom is 0.174 e. The maximum absolute atomic E-state index is 12.4. The van der Waals surface area contributed by atoms with Crippen molar-refractivity contribution >= 4 is 140 Å². The fourth-order valence-electron chi connectivity index (χ4n) is 15.4. The van der Waals surface area contributed by atoms with Crippen molar-refractivity contribution in [3.63, 3.8) is 0 Å². The first kappa shape index (κ1) is 81.2. The number of aryl methyl sites for hydroxylation is 4. The molecule has 10 heterocycles. The Balaban J connectivity index is 1.06. The van der Waals surface area contributed by atoms with E-state index in [1.165, 1.54) is 337 Å². The number of benzene rings is 1. The second kappa shape index (κ2) is 42.4. The normalized spacial score (nSPS) is 12.5. The molecule has 0 saturated heterocycles. The monoisotopic (exact) mass is 1580 g/mol. The third-order valence-corrected chi connectivity index (χ3v) is 34.1.